The van der Waals surface area contributed by atoms with Gasteiger partial charge in [-0.3, -0.25) is 4.79 Å². The van der Waals surface area contributed by atoms with Crippen LogP contribution in [0.2, 0.25) is 0 Å². The van der Waals surface area contributed by atoms with Gasteiger partial charge in [0.2, 0.25) is 5.91 Å². The van der Waals surface area contributed by atoms with Crippen LogP contribution in [0, 0.1) is 0 Å². The Hall–Kier alpha value is -1.56. The van der Waals surface area contributed by atoms with Crippen LogP contribution in [0.5, 0.6) is 0 Å². The lowest BCUT2D eigenvalue weighted by atomic mass is 10.1. The normalized spacial score (nSPS) is 21.4. The molecule has 6 heteroatoms. The molecule has 2 N–H and O–H groups in total. The number of carbonyl (C=O) groups excluding carboxylic acids is 1. The van der Waals surface area contributed by atoms with Crippen molar-refractivity contribution in [3.63, 3.8) is 0 Å². The van der Waals surface area contributed by atoms with E-state index in [2.05, 4.69) is 0 Å². The van der Waals surface area contributed by atoms with Crippen LogP contribution in [0.15, 0.2) is 24.3 Å². The Labute approximate surface area is 119 Å². The quantitative estimate of drug-likeness (QED) is 0.859. The number of nitrogen functional groups attached to an aromatic ring is 1. The minimum Gasteiger partial charge on any atom is -0.399 e. The zero-order valence-corrected chi connectivity index (χ0v) is 12.4. The lowest BCUT2D eigenvalue weighted by molar-refractivity contribution is -0.118. The fraction of sp³-hybridized carbons (Fsp3) is 0.500. The zero-order valence-electron chi connectivity index (χ0n) is 11.6. The maximum absolute atomic E-state index is 12.5. The third-order valence-electron chi connectivity index (χ3n) is 3.64. The molecule has 0 spiro atoms. The number of amides is 1. The van der Waals surface area contributed by atoms with Crippen LogP contribution in [0.3, 0.4) is 0 Å². The standard InChI is InChI=1S/C14H20N2O3S/c1-2-16(12-8-6-11(15)7-9-12)14(17)13-5-3-4-10-20(13,18)19/h6-9,13H,2-5,10,15H2,1H3. The first-order chi connectivity index (χ1) is 9.45. The fourth-order valence-corrected chi connectivity index (χ4v) is 4.38. The van der Waals surface area contributed by atoms with Gasteiger partial charge in [0.05, 0.1) is 5.75 Å². The van der Waals surface area contributed by atoms with E-state index in [9.17, 15) is 13.2 Å². The minimum atomic E-state index is -3.31. The highest BCUT2D eigenvalue weighted by Crippen LogP contribution is 2.24. The van der Waals surface area contributed by atoms with Crippen LogP contribution in [-0.2, 0) is 14.6 Å². The first kappa shape index (κ1) is 14.8. The van der Waals surface area contributed by atoms with Crippen molar-refractivity contribution >= 4 is 27.1 Å². The summed E-state index contributed by atoms with van der Waals surface area (Å²) in [5, 5.41) is -0.895. The highest BCUT2D eigenvalue weighted by molar-refractivity contribution is 7.92. The van der Waals surface area contributed by atoms with Crippen LogP contribution < -0.4 is 10.6 Å². The number of nitrogens with zero attached hydrogens (tertiary/aromatic N) is 1. The molecule has 1 aliphatic heterocycles. The van der Waals surface area contributed by atoms with Gasteiger partial charge in [0.1, 0.15) is 5.25 Å². The second-order valence-electron chi connectivity index (χ2n) is 5.03. The Morgan fingerprint density at radius 2 is 1.95 bits per heavy atom. The average molecular weight is 296 g/mol. The molecule has 1 heterocycles. The van der Waals surface area contributed by atoms with E-state index in [1.807, 2.05) is 6.92 Å². The molecule has 1 saturated heterocycles. The minimum absolute atomic E-state index is 0.114. The summed E-state index contributed by atoms with van der Waals surface area (Å²) in [6, 6.07) is 6.90. The van der Waals surface area contributed by atoms with Gasteiger partial charge in [0.25, 0.3) is 0 Å². The molecule has 20 heavy (non-hydrogen) atoms. The molecule has 0 radical (unpaired) electrons. The van der Waals surface area contributed by atoms with Gasteiger partial charge in [-0.15, -0.1) is 0 Å². The molecule has 0 aliphatic carbocycles. The number of rotatable bonds is 3. The van der Waals surface area contributed by atoms with Gasteiger partial charge in [0.15, 0.2) is 9.84 Å². The lowest BCUT2D eigenvalue weighted by Crippen LogP contribution is -2.45. The van der Waals surface area contributed by atoms with Crippen molar-refractivity contribution in [1.29, 1.82) is 0 Å². The van der Waals surface area contributed by atoms with Gasteiger partial charge in [-0.2, -0.15) is 0 Å². The van der Waals surface area contributed by atoms with E-state index in [4.69, 9.17) is 5.73 Å². The summed E-state index contributed by atoms with van der Waals surface area (Å²) < 4.78 is 24.1. The predicted octanol–water partition coefficient (Wildman–Crippen LogP) is 1.59. The second-order valence-corrected chi connectivity index (χ2v) is 7.33. The molecule has 1 fully saturated rings. The summed E-state index contributed by atoms with van der Waals surface area (Å²) in [5.41, 5.74) is 6.93. The Bertz CT molecular complexity index is 581. The van der Waals surface area contributed by atoms with E-state index >= 15 is 0 Å². The monoisotopic (exact) mass is 296 g/mol. The molecule has 0 aromatic heterocycles. The smallest absolute Gasteiger partial charge is 0.245 e. The highest BCUT2D eigenvalue weighted by Gasteiger charge is 2.37. The molecule has 5 nitrogen and oxygen atoms in total. The Kier molecular flexibility index (Phi) is 4.32. The maximum Gasteiger partial charge on any atom is 0.245 e. The molecule has 110 valence electrons. The van der Waals surface area contributed by atoms with Crippen LogP contribution in [0.1, 0.15) is 26.2 Å². The van der Waals surface area contributed by atoms with Crippen molar-refractivity contribution in [2.45, 2.75) is 31.4 Å². The van der Waals surface area contributed by atoms with Crippen molar-refractivity contribution in [1.82, 2.24) is 0 Å². The molecular weight excluding hydrogens is 276 g/mol. The summed E-state index contributed by atoms with van der Waals surface area (Å²) in [6.45, 7) is 2.28. The fourth-order valence-electron chi connectivity index (χ4n) is 2.53. The zero-order chi connectivity index (χ0) is 14.8. The molecule has 1 unspecified atom stereocenters. The topological polar surface area (TPSA) is 80.5 Å². The molecular formula is C14H20N2O3S. The first-order valence-corrected chi connectivity index (χ1v) is 8.55. The number of benzene rings is 1. The SMILES string of the molecule is CCN(C(=O)C1CCCCS1(=O)=O)c1ccc(N)cc1. The van der Waals surface area contributed by atoms with Crippen molar-refractivity contribution < 1.29 is 13.2 Å². The molecule has 1 atom stereocenters. The van der Waals surface area contributed by atoms with E-state index in [1.54, 1.807) is 24.3 Å². The largest absolute Gasteiger partial charge is 0.399 e. The molecule has 1 aromatic carbocycles. The van der Waals surface area contributed by atoms with Gasteiger partial charge in [-0.05, 0) is 44.0 Å². The average Bonchev–Trinajstić information content (AvgIpc) is 2.41. The number of nitrogens with two attached hydrogens (primary N) is 1. The van der Waals surface area contributed by atoms with Crippen molar-refractivity contribution in [3.05, 3.63) is 24.3 Å². The summed E-state index contributed by atoms with van der Waals surface area (Å²) in [4.78, 5) is 14.1. The van der Waals surface area contributed by atoms with E-state index < -0.39 is 15.1 Å². The molecule has 0 bridgehead atoms. The Balaban J connectivity index is 2.27. The molecule has 2 rings (SSSR count). The van der Waals surface area contributed by atoms with Crippen LogP contribution >= 0.6 is 0 Å². The summed E-state index contributed by atoms with van der Waals surface area (Å²) in [5.74, 6) is -0.208. The van der Waals surface area contributed by atoms with Crippen molar-refractivity contribution in [3.8, 4) is 0 Å². The van der Waals surface area contributed by atoms with E-state index in [0.29, 0.717) is 30.8 Å². The lowest BCUT2D eigenvalue weighted by Gasteiger charge is -2.28. The van der Waals surface area contributed by atoms with Crippen LogP contribution in [0.25, 0.3) is 0 Å². The number of sulfone groups is 1. The first-order valence-electron chi connectivity index (χ1n) is 6.84. The van der Waals surface area contributed by atoms with E-state index in [0.717, 1.165) is 6.42 Å². The number of hydrogen-bond donors (Lipinski definition) is 1. The van der Waals surface area contributed by atoms with Gasteiger partial charge in [-0.25, -0.2) is 8.42 Å². The summed E-state index contributed by atoms with van der Waals surface area (Å²) in [6.07, 6.45) is 1.86. The van der Waals surface area contributed by atoms with Gasteiger partial charge in [-0.1, -0.05) is 6.42 Å². The van der Waals surface area contributed by atoms with Crippen molar-refractivity contribution in [2.75, 3.05) is 22.9 Å². The van der Waals surface area contributed by atoms with Gasteiger partial charge >= 0.3 is 0 Å². The summed E-state index contributed by atoms with van der Waals surface area (Å²) in [7, 11) is -3.31. The molecule has 1 aliphatic rings. The van der Waals surface area contributed by atoms with Gasteiger partial charge in [0, 0.05) is 17.9 Å². The Morgan fingerprint density at radius 1 is 1.30 bits per heavy atom. The van der Waals surface area contributed by atoms with Crippen LogP contribution in [-0.4, -0.2) is 31.9 Å². The summed E-state index contributed by atoms with van der Waals surface area (Å²) >= 11 is 0. The molecule has 1 amide bonds. The van der Waals surface area contributed by atoms with E-state index in [-0.39, 0.29) is 11.7 Å². The number of anilines is 2. The second kappa shape index (κ2) is 5.83. The number of hydrogen-bond acceptors (Lipinski definition) is 4. The third-order valence-corrected chi connectivity index (χ3v) is 5.80. The van der Waals surface area contributed by atoms with E-state index in [1.165, 1.54) is 4.90 Å². The van der Waals surface area contributed by atoms with Crippen LogP contribution in [0.4, 0.5) is 11.4 Å². The molecule has 0 saturated carbocycles. The molecule has 1 aromatic rings. The maximum atomic E-state index is 12.5. The predicted molar refractivity (Wildman–Crippen MR) is 80.3 cm³/mol. The third kappa shape index (κ3) is 2.95. The Morgan fingerprint density at radius 3 is 2.50 bits per heavy atom. The number of carbonyl (C=O) groups is 1. The van der Waals surface area contributed by atoms with Crippen molar-refractivity contribution in [2.24, 2.45) is 0 Å². The van der Waals surface area contributed by atoms with Gasteiger partial charge < -0.3 is 10.6 Å². The highest BCUT2D eigenvalue weighted by atomic mass is 32.2.